The Morgan fingerprint density at radius 1 is 1.15 bits per heavy atom. The molecule has 0 saturated heterocycles. The van der Waals surface area contributed by atoms with E-state index in [0.717, 1.165) is 0 Å². The lowest BCUT2D eigenvalue weighted by Crippen LogP contribution is -2.05. The summed E-state index contributed by atoms with van der Waals surface area (Å²) in [6.07, 6.45) is 1.53. The molecule has 2 aromatic rings. The van der Waals surface area contributed by atoms with Crippen LogP contribution >= 0.6 is 0 Å². The molecular weight excluding hydrogens is 340 g/mol. The van der Waals surface area contributed by atoms with E-state index in [4.69, 9.17) is 9.47 Å². The number of benzene rings is 2. The molecule has 1 aliphatic rings. The third-order valence-corrected chi connectivity index (χ3v) is 3.39. The van der Waals surface area contributed by atoms with E-state index < -0.39 is 16.9 Å². The van der Waals surface area contributed by atoms with Gasteiger partial charge in [-0.1, -0.05) is 12.1 Å². The second kappa shape index (κ2) is 6.98. The number of cyclic esters (lactones) is 1. The fraction of sp³-hybridized carbons (Fsp3) is 0.0556. The molecule has 3 rings (SSSR count). The Bertz CT molecular complexity index is 943. The monoisotopic (exact) mass is 352 g/mol. The molecule has 130 valence electrons. The van der Waals surface area contributed by atoms with Crippen molar-refractivity contribution in [3.8, 4) is 5.75 Å². The van der Waals surface area contributed by atoms with Gasteiger partial charge in [-0.25, -0.2) is 9.79 Å². The number of hydrogen-bond acceptors (Lipinski definition) is 7. The van der Waals surface area contributed by atoms with Crippen LogP contribution in [0.25, 0.3) is 6.08 Å². The van der Waals surface area contributed by atoms with Gasteiger partial charge in [-0.2, -0.15) is 0 Å². The second-order valence-electron chi connectivity index (χ2n) is 5.30. The SMILES string of the molecule is CC(=O)Oc1ccc(/C=C2/N=C(c3ccc([N+](=O)[O-])cc3)OC2=O)cc1. The number of carbonyl (C=O) groups excluding carboxylic acids is 2. The minimum absolute atomic E-state index is 0.0673. The summed E-state index contributed by atoms with van der Waals surface area (Å²) < 4.78 is 10.0. The molecule has 26 heavy (non-hydrogen) atoms. The number of nitrogens with zero attached hydrogens (tertiary/aromatic N) is 2. The van der Waals surface area contributed by atoms with Crippen molar-refractivity contribution in [1.82, 2.24) is 0 Å². The van der Waals surface area contributed by atoms with Gasteiger partial charge in [-0.3, -0.25) is 14.9 Å². The Balaban J connectivity index is 1.81. The number of carbonyl (C=O) groups is 2. The van der Waals surface area contributed by atoms with Gasteiger partial charge in [0, 0.05) is 24.6 Å². The molecule has 0 fully saturated rings. The van der Waals surface area contributed by atoms with Crippen LogP contribution in [0.3, 0.4) is 0 Å². The number of nitro benzene ring substituents is 1. The Kier molecular flexibility index (Phi) is 4.57. The fourth-order valence-corrected chi connectivity index (χ4v) is 2.21. The van der Waals surface area contributed by atoms with E-state index in [-0.39, 0.29) is 17.3 Å². The van der Waals surface area contributed by atoms with Crippen LogP contribution in [0.2, 0.25) is 0 Å². The first-order valence-electron chi connectivity index (χ1n) is 7.48. The summed E-state index contributed by atoms with van der Waals surface area (Å²) in [5.74, 6) is -0.577. The van der Waals surface area contributed by atoms with Crippen LogP contribution in [0.5, 0.6) is 5.75 Å². The highest BCUT2D eigenvalue weighted by molar-refractivity contribution is 6.12. The van der Waals surface area contributed by atoms with E-state index in [1.165, 1.54) is 37.3 Å². The topological polar surface area (TPSA) is 108 Å². The Labute approximate surface area is 147 Å². The lowest BCUT2D eigenvalue weighted by Gasteiger charge is -2.00. The lowest BCUT2D eigenvalue weighted by atomic mass is 10.2. The highest BCUT2D eigenvalue weighted by atomic mass is 16.6. The fourth-order valence-electron chi connectivity index (χ4n) is 2.21. The smallest absolute Gasteiger partial charge is 0.363 e. The van der Waals surface area contributed by atoms with E-state index in [1.807, 2.05) is 0 Å². The Morgan fingerprint density at radius 3 is 2.38 bits per heavy atom. The third-order valence-electron chi connectivity index (χ3n) is 3.39. The number of ether oxygens (including phenoxy) is 2. The average Bonchev–Trinajstić information content (AvgIpc) is 2.97. The molecule has 0 bridgehead atoms. The summed E-state index contributed by atoms with van der Waals surface area (Å²) >= 11 is 0. The Hall–Kier alpha value is -3.81. The van der Waals surface area contributed by atoms with Crippen LogP contribution in [-0.4, -0.2) is 22.8 Å². The minimum atomic E-state index is -0.623. The quantitative estimate of drug-likeness (QED) is 0.275. The zero-order valence-electron chi connectivity index (χ0n) is 13.5. The van der Waals surface area contributed by atoms with Crippen molar-refractivity contribution in [2.75, 3.05) is 0 Å². The minimum Gasteiger partial charge on any atom is -0.427 e. The summed E-state index contributed by atoms with van der Waals surface area (Å²) in [5.41, 5.74) is 1.15. The van der Waals surface area contributed by atoms with Gasteiger partial charge in [0.2, 0.25) is 5.90 Å². The van der Waals surface area contributed by atoms with Crippen LogP contribution in [-0.2, 0) is 14.3 Å². The number of esters is 2. The lowest BCUT2D eigenvalue weighted by molar-refractivity contribution is -0.384. The van der Waals surface area contributed by atoms with Crippen LogP contribution < -0.4 is 4.74 Å². The highest BCUT2D eigenvalue weighted by Gasteiger charge is 2.24. The first-order valence-corrected chi connectivity index (χ1v) is 7.48. The molecule has 8 nitrogen and oxygen atoms in total. The van der Waals surface area contributed by atoms with Crippen molar-refractivity contribution in [3.05, 3.63) is 75.5 Å². The van der Waals surface area contributed by atoms with Crippen molar-refractivity contribution in [3.63, 3.8) is 0 Å². The molecule has 0 radical (unpaired) electrons. The molecule has 0 amide bonds. The zero-order chi connectivity index (χ0) is 18.7. The summed E-state index contributed by atoms with van der Waals surface area (Å²) in [6.45, 7) is 1.30. The Morgan fingerprint density at radius 2 is 1.81 bits per heavy atom. The maximum absolute atomic E-state index is 12.0. The predicted molar refractivity (Wildman–Crippen MR) is 91.5 cm³/mol. The standard InChI is InChI=1S/C18H12N2O6/c1-11(21)25-15-8-2-12(3-9-15)10-16-18(22)26-17(19-16)13-4-6-14(7-5-13)20(23)24/h2-10H,1H3/b16-10+. The van der Waals surface area contributed by atoms with Gasteiger partial charge in [0.05, 0.1) is 4.92 Å². The van der Waals surface area contributed by atoms with Crippen LogP contribution in [0.4, 0.5) is 5.69 Å². The van der Waals surface area contributed by atoms with E-state index in [9.17, 15) is 19.7 Å². The maximum Gasteiger partial charge on any atom is 0.363 e. The molecule has 0 N–H and O–H groups in total. The van der Waals surface area contributed by atoms with Crippen molar-refractivity contribution >= 4 is 29.6 Å². The summed E-state index contributed by atoms with van der Waals surface area (Å²) in [5, 5.41) is 10.7. The summed E-state index contributed by atoms with van der Waals surface area (Å²) in [7, 11) is 0. The number of rotatable bonds is 4. The molecule has 2 aromatic carbocycles. The van der Waals surface area contributed by atoms with E-state index in [0.29, 0.717) is 16.9 Å². The number of non-ortho nitro benzene ring substituents is 1. The van der Waals surface area contributed by atoms with Crippen molar-refractivity contribution in [1.29, 1.82) is 0 Å². The number of aliphatic imine (C=N–C) groups is 1. The zero-order valence-corrected chi connectivity index (χ0v) is 13.5. The van der Waals surface area contributed by atoms with E-state index in [1.54, 1.807) is 24.3 Å². The van der Waals surface area contributed by atoms with Gasteiger partial charge in [0.25, 0.3) is 5.69 Å². The van der Waals surface area contributed by atoms with Gasteiger partial charge in [-0.05, 0) is 35.9 Å². The van der Waals surface area contributed by atoms with Crippen molar-refractivity contribution in [2.45, 2.75) is 6.92 Å². The van der Waals surface area contributed by atoms with Gasteiger partial charge >= 0.3 is 11.9 Å². The van der Waals surface area contributed by atoms with E-state index >= 15 is 0 Å². The van der Waals surface area contributed by atoms with Gasteiger partial charge < -0.3 is 9.47 Å². The summed E-state index contributed by atoms with van der Waals surface area (Å²) in [4.78, 5) is 37.2. The first kappa shape index (κ1) is 17.0. The summed E-state index contributed by atoms with van der Waals surface area (Å²) in [6, 6.07) is 12.0. The van der Waals surface area contributed by atoms with Gasteiger partial charge in [0.15, 0.2) is 5.70 Å². The predicted octanol–water partition coefficient (Wildman–Crippen LogP) is 2.86. The molecule has 0 unspecified atom stereocenters. The maximum atomic E-state index is 12.0. The molecular formula is C18H12N2O6. The molecule has 0 aromatic heterocycles. The normalized spacial score (nSPS) is 14.7. The van der Waals surface area contributed by atoms with Crippen LogP contribution in [0.15, 0.2) is 59.2 Å². The van der Waals surface area contributed by atoms with E-state index in [2.05, 4.69) is 4.99 Å². The molecule has 1 heterocycles. The largest absolute Gasteiger partial charge is 0.427 e. The number of nitro groups is 1. The van der Waals surface area contributed by atoms with Crippen molar-refractivity contribution < 1.29 is 24.0 Å². The van der Waals surface area contributed by atoms with Gasteiger partial charge in [0.1, 0.15) is 5.75 Å². The number of hydrogen-bond donors (Lipinski definition) is 0. The molecule has 0 atom stereocenters. The second-order valence-corrected chi connectivity index (χ2v) is 5.30. The molecule has 8 heteroatoms. The molecule has 0 spiro atoms. The molecule has 1 aliphatic heterocycles. The van der Waals surface area contributed by atoms with Crippen LogP contribution in [0, 0.1) is 10.1 Å². The molecule has 0 aliphatic carbocycles. The third kappa shape index (κ3) is 3.81. The van der Waals surface area contributed by atoms with Gasteiger partial charge in [-0.15, -0.1) is 0 Å². The van der Waals surface area contributed by atoms with Crippen LogP contribution in [0.1, 0.15) is 18.1 Å². The highest BCUT2D eigenvalue weighted by Crippen LogP contribution is 2.22. The molecule has 0 saturated carbocycles. The average molecular weight is 352 g/mol. The van der Waals surface area contributed by atoms with Crippen molar-refractivity contribution in [2.24, 2.45) is 4.99 Å². The first-order chi connectivity index (χ1) is 12.4.